The maximum Gasteiger partial charge on any atom is 0.311 e. The molecule has 0 bridgehead atoms. The number of nitro benzene ring substituents is 1. The predicted octanol–water partition coefficient (Wildman–Crippen LogP) is 3.45. The van der Waals surface area contributed by atoms with Crippen molar-refractivity contribution in [2.45, 2.75) is 51.5 Å². The van der Waals surface area contributed by atoms with Gasteiger partial charge in [0.25, 0.3) is 5.91 Å². The SMILES string of the molecule is CCOc1ccc(C(=O)NC2CCCCCC2)cc1[N+](=O)[O-]. The molecule has 1 amide bonds. The molecule has 0 unspecified atom stereocenters. The van der Waals surface area contributed by atoms with Crippen molar-refractivity contribution in [1.29, 1.82) is 0 Å². The van der Waals surface area contributed by atoms with Gasteiger partial charge >= 0.3 is 5.69 Å². The van der Waals surface area contributed by atoms with E-state index in [1.807, 2.05) is 0 Å². The number of hydrogen-bond donors (Lipinski definition) is 1. The summed E-state index contributed by atoms with van der Waals surface area (Å²) in [5, 5.41) is 14.1. The van der Waals surface area contributed by atoms with Gasteiger partial charge in [0.05, 0.1) is 11.5 Å². The summed E-state index contributed by atoms with van der Waals surface area (Å²) in [4.78, 5) is 22.9. The van der Waals surface area contributed by atoms with Crippen molar-refractivity contribution in [3.05, 3.63) is 33.9 Å². The van der Waals surface area contributed by atoms with Crippen molar-refractivity contribution in [3.8, 4) is 5.75 Å². The number of benzene rings is 1. The van der Waals surface area contributed by atoms with Crippen molar-refractivity contribution in [1.82, 2.24) is 5.32 Å². The molecule has 0 aliphatic heterocycles. The largest absolute Gasteiger partial charge is 0.487 e. The summed E-state index contributed by atoms with van der Waals surface area (Å²) in [5.41, 5.74) is 0.134. The van der Waals surface area contributed by atoms with Gasteiger partial charge in [-0.15, -0.1) is 0 Å². The van der Waals surface area contributed by atoms with Crippen molar-refractivity contribution in [3.63, 3.8) is 0 Å². The molecule has 0 spiro atoms. The third-order valence-electron chi connectivity index (χ3n) is 3.91. The Morgan fingerprint density at radius 1 is 1.32 bits per heavy atom. The minimum atomic E-state index is -0.520. The van der Waals surface area contributed by atoms with E-state index in [0.29, 0.717) is 12.2 Å². The lowest BCUT2D eigenvalue weighted by molar-refractivity contribution is -0.385. The molecule has 6 heteroatoms. The fourth-order valence-electron chi connectivity index (χ4n) is 2.77. The van der Waals surface area contributed by atoms with Gasteiger partial charge in [0.1, 0.15) is 0 Å². The summed E-state index contributed by atoms with van der Waals surface area (Å²) in [6, 6.07) is 4.52. The van der Waals surface area contributed by atoms with Gasteiger partial charge in [0.15, 0.2) is 5.75 Å². The minimum absolute atomic E-state index is 0.167. The molecule has 0 radical (unpaired) electrons. The van der Waals surface area contributed by atoms with Crippen LogP contribution in [0.15, 0.2) is 18.2 Å². The topological polar surface area (TPSA) is 81.5 Å². The average molecular weight is 306 g/mol. The quantitative estimate of drug-likeness (QED) is 0.513. The molecule has 0 aromatic heterocycles. The van der Waals surface area contributed by atoms with Gasteiger partial charge < -0.3 is 10.1 Å². The summed E-state index contributed by atoms with van der Waals surface area (Å²) >= 11 is 0. The molecule has 0 atom stereocenters. The second-order valence-electron chi connectivity index (χ2n) is 5.53. The molecule has 1 aliphatic rings. The molecule has 1 saturated carbocycles. The van der Waals surface area contributed by atoms with E-state index in [0.717, 1.165) is 25.7 Å². The van der Waals surface area contributed by atoms with Crippen LogP contribution in [0.4, 0.5) is 5.69 Å². The van der Waals surface area contributed by atoms with Gasteiger partial charge in [-0.1, -0.05) is 25.7 Å². The van der Waals surface area contributed by atoms with Crippen LogP contribution in [0.3, 0.4) is 0 Å². The lowest BCUT2D eigenvalue weighted by Crippen LogP contribution is -2.34. The van der Waals surface area contributed by atoms with Crippen molar-refractivity contribution < 1.29 is 14.5 Å². The predicted molar refractivity (Wildman–Crippen MR) is 83.2 cm³/mol. The zero-order valence-electron chi connectivity index (χ0n) is 12.8. The number of amides is 1. The number of nitro groups is 1. The van der Waals surface area contributed by atoms with Crippen LogP contribution in [0.1, 0.15) is 55.8 Å². The van der Waals surface area contributed by atoms with E-state index in [1.165, 1.54) is 25.0 Å². The first-order valence-corrected chi connectivity index (χ1v) is 7.84. The van der Waals surface area contributed by atoms with Gasteiger partial charge in [0.2, 0.25) is 0 Å². The maximum absolute atomic E-state index is 12.3. The zero-order chi connectivity index (χ0) is 15.9. The summed E-state index contributed by atoms with van der Waals surface area (Å²) in [5.74, 6) is -0.0587. The Kier molecular flexibility index (Phi) is 5.75. The number of rotatable bonds is 5. The molecule has 1 fully saturated rings. The first kappa shape index (κ1) is 16.3. The number of carbonyl (C=O) groups excluding carboxylic acids is 1. The molecule has 22 heavy (non-hydrogen) atoms. The van der Waals surface area contributed by atoms with Crippen LogP contribution in [0.2, 0.25) is 0 Å². The Morgan fingerprint density at radius 3 is 2.59 bits per heavy atom. The summed E-state index contributed by atoms with van der Waals surface area (Å²) in [6.45, 7) is 2.10. The van der Waals surface area contributed by atoms with Crippen LogP contribution >= 0.6 is 0 Å². The first-order valence-electron chi connectivity index (χ1n) is 7.84. The van der Waals surface area contributed by atoms with E-state index in [9.17, 15) is 14.9 Å². The lowest BCUT2D eigenvalue weighted by atomic mass is 10.1. The van der Waals surface area contributed by atoms with Gasteiger partial charge in [-0.05, 0) is 31.9 Å². The van der Waals surface area contributed by atoms with Gasteiger partial charge in [-0.25, -0.2) is 0 Å². The van der Waals surface area contributed by atoms with E-state index in [4.69, 9.17) is 4.74 Å². The molecule has 1 aromatic carbocycles. The normalized spacial score (nSPS) is 15.9. The lowest BCUT2D eigenvalue weighted by Gasteiger charge is -2.16. The van der Waals surface area contributed by atoms with Gasteiger partial charge in [-0.3, -0.25) is 14.9 Å². The van der Waals surface area contributed by atoms with Crippen LogP contribution in [0.25, 0.3) is 0 Å². The smallest absolute Gasteiger partial charge is 0.311 e. The standard InChI is InChI=1S/C16H22N2O4/c1-2-22-15-10-9-12(11-14(15)18(20)21)16(19)17-13-7-5-3-4-6-8-13/h9-11,13H,2-8H2,1H3,(H,17,19). The molecule has 6 nitrogen and oxygen atoms in total. The van der Waals surface area contributed by atoms with E-state index in [-0.39, 0.29) is 23.4 Å². The molecule has 2 rings (SSSR count). The Bertz CT molecular complexity index is 537. The van der Waals surface area contributed by atoms with E-state index >= 15 is 0 Å². The highest BCUT2D eigenvalue weighted by Gasteiger charge is 2.20. The van der Waals surface area contributed by atoms with Crippen LogP contribution in [0.5, 0.6) is 5.75 Å². The Morgan fingerprint density at radius 2 is 2.00 bits per heavy atom. The molecular formula is C16H22N2O4. The van der Waals surface area contributed by atoms with Crippen LogP contribution in [0, 0.1) is 10.1 Å². The third-order valence-corrected chi connectivity index (χ3v) is 3.91. The fourth-order valence-corrected chi connectivity index (χ4v) is 2.77. The average Bonchev–Trinajstić information content (AvgIpc) is 2.76. The van der Waals surface area contributed by atoms with Gasteiger partial charge in [0, 0.05) is 17.7 Å². The number of carbonyl (C=O) groups is 1. The van der Waals surface area contributed by atoms with Crippen molar-refractivity contribution >= 4 is 11.6 Å². The van der Waals surface area contributed by atoms with E-state index in [2.05, 4.69) is 5.32 Å². The second kappa shape index (κ2) is 7.77. The van der Waals surface area contributed by atoms with E-state index < -0.39 is 4.92 Å². The second-order valence-corrected chi connectivity index (χ2v) is 5.53. The van der Waals surface area contributed by atoms with Crippen LogP contribution in [-0.2, 0) is 0 Å². The van der Waals surface area contributed by atoms with E-state index in [1.54, 1.807) is 13.0 Å². The summed E-state index contributed by atoms with van der Waals surface area (Å²) in [6.07, 6.45) is 6.61. The molecule has 1 N–H and O–H groups in total. The number of nitrogens with zero attached hydrogens (tertiary/aromatic N) is 1. The molecule has 1 aliphatic carbocycles. The van der Waals surface area contributed by atoms with Crippen molar-refractivity contribution in [2.24, 2.45) is 0 Å². The maximum atomic E-state index is 12.3. The highest BCUT2D eigenvalue weighted by Crippen LogP contribution is 2.28. The zero-order valence-corrected chi connectivity index (χ0v) is 12.8. The summed E-state index contributed by atoms with van der Waals surface area (Å²) in [7, 11) is 0. The fraction of sp³-hybridized carbons (Fsp3) is 0.562. The Labute approximate surface area is 130 Å². The van der Waals surface area contributed by atoms with Crippen LogP contribution in [-0.4, -0.2) is 23.5 Å². The molecule has 1 aromatic rings. The number of ether oxygens (including phenoxy) is 1. The molecule has 0 heterocycles. The minimum Gasteiger partial charge on any atom is -0.487 e. The van der Waals surface area contributed by atoms with Gasteiger partial charge in [-0.2, -0.15) is 0 Å². The molecular weight excluding hydrogens is 284 g/mol. The Hall–Kier alpha value is -2.11. The molecule has 0 saturated heterocycles. The highest BCUT2D eigenvalue weighted by atomic mass is 16.6. The van der Waals surface area contributed by atoms with Crippen LogP contribution < -0.4 is 10.1 Å². The number of nitrogens with one attached hydrogen (secondary N) is 1. The molecule has 120 valence electrons. The monoisotopic (exact) mass is 306 g/mol. The van der Waals surface area contributed by atoms with Crippen molar-refractivity contribution in [2.75, 3.05) is 6.61 Å². The third kappa shape index (κ3) is 4.19. The number of hydrogen-bond acceptors (Lipinski definition) is 4. The Balaban J connectivity index is 2.11. The first-order chi connectivity index (χ1) is 10.6. The summed E-state index contributed by atoms with van der Waals surface area (Å²) < 4.78 is 5.23. The highest BCUT2D eigenvalue weighted by molar-refractivity contribution is 5.95.